The van der Waals surface area contributed by atoms with Gasteiger partial charge in [-0.1, -0.05) is 35.0 Å². The average Bonchev–Trinajstić information content (AvgIpc) is 2.75. The summed E-state index contributed by atoms with van der Waals surface area (Å²) in [5, 5.41) is 6.26. The number of benzene rings is 1. The van der Waals surface area contributed by atoms with Crippen molar-refractivity contribution in [2.45, 2.75) is 26.9 Å². The molecule has 0 unspecified atom stereocenters. The summed E-state index contributed by atoms with van der Waals surface area (Å²) in [5.41, 5.74) is 3.21. The van der Waals surface area contributed by atoms with E-state index in [9.17, 15) is 4.79 Å². The van der Waals surface area contributed by atoms with Crippen LogP contribution in [-0.2, 0) is 4.74 Å². The van der Waals surface area contributed by atoms with Crippen LogP contribution in [0.4, 0.5) is 10.5 Å². The summed E-state index contributed by atoms with van der Waals surface area (Å²) in [7, 11) is 0. The lowest BCUT2D eigenvalue weighted by Gasteiger charge is -2.14. The summed E-state index contributed by atoms with van der Waals surface area (Å²) in [6.45, 7) is 5.56. The topological polar surface area (TPSA) is 64.4 Å². The van der Waals surface area contributed by atoms with Crippen molar-refractivity contribution in [3.05, 3.63) is 47.3 Å². The van der Waals surface area contributed by atoms with Gasteiger partial charge in [-0.25, -0.2) is 4.79 Å². The first-order valence-electron chi connectivity index (χ1n) is 6.01. The lowest BCUT2D eigenvalue weighted by Crippen LogP contribution is -2.16. The van der Waals surface area contributed by atoms with E-state index in [2.05, 4.69) is 10.5 Å². The standard InChI is InChI=1S/C14H16N2O3/c1-9-5-4-6-12(7-9)11(3)19-14(17)15-13-8-18-16-10(13)2/h4-8,11H,1-3H3,(H,15,17)/t11-/m1/s1. The van der Waals surface area contributed by atoms with E-state index in [0.29, 0.717) is 11.4 Å². The Morgan fingerprint density at radius 3 is 2.84 bits per heavy atom. The number of aryl methyl sites for hydroxylation is 2. The summed E-state index contributed by atoms with van der Waals surface area (Å²) < 4.78 is 10.0. The van der Waals surface area contributed by atoms with E-state index in [0.717, 1.165) is 11.1 Å². The molecule has 0 aliphatic heterocycles. The summed E-state index contributed by atoms with van der Waals surface area (Å²) in [6.07, 6.45) is 0.522. The predicted molar refractivity (Wildman–Crippen MR) is 70.9 cm³/mol. The van der Waals surface area contributed by atoms with Crippen LogP contribution in [0, 0.1) is 13.8 Å². The van der Waals surface area contributed by atoms with Crippen LogP contribution in [0.1, 0.15) is 29.8 Å². The summed E-state index contributed by atoms with van der Waals surface area (Å²) >= 11 is 0. The fraction of sp³-hybridized carbons (Fsp3) is 0.286. The molecule has 0 radical (unpaired) electrons. The van der Waals surface area contributed by atoms with Crippen molar-refractivity contribution in [2.75, 3.05) is 5.32 Å². The van der Waals surface area contributed by atoms with Crippen molar-refractivity contribution < 1.29 is 14.1 Å². The maximum absolute atomic E-state index is 11.7. The monoisotopic (exact) mass is 260 g/mol. The third-order valence-corrected chi connectivity index (χ3v) is 2.78. The van der Waals surface area contributed by atoms with Crippen molar-refractivity contribution in [3.8, 4) is 0 Å². The van der Waals surface area contributed by atoms with Gasteiger partial charge >= 0.3 is 6.09 Å². The molecule has 1 heterocycles. The number of rotatable bonds is 3. The number of hydrogen-bond donors (Lipinski definition) is 1. The lowest BCUT2D eigenvalue weighted by atomic mass is 10.1. The van der Waals surface area contributed by atoms with Gasteiger partial charge < -0.3 is 9.26 Å². The van der Waals surface area contributed by atoms with Crippen LogP contribution in [0.2, 0.25) is 0 Å². The van der Waals surface area contributed by atoms with Gasteiger partial charge in [-0.05, 0) is 26.3 Å². The van der Waals surface area contributed by atoms with Crippen LogP contribution >= 0.6 is 0 Å². The molecule has 1 aromatic carbocycles. The Kier molecular flexibility index (Phi) is 3.85. The molecule has 5 nitrogen and oxygen atoms in total. The number of aromatic nitrogens is 1. The third-order valence-electron chi connectivity index (χ3n) is 2.78. The maximum Gasteiger partial charge on any atom is 0.412 e. The minimum absolute atomic E-state index is 0.319. The number of carbonyl (C=O) groups excluding carboxylic acids is 1. The molecular formula is C14H16N2O3. The summed E-state index contributed by atoms with van der Waals surface area (Å²) in [4.78, 5) is 11.7. The molecule has 1 aromatic heterocycles. The van der Waals surface area contributed by atoms with Crippen LogP contribution in [0.15, 0.2) is 35.1 Å². The lowest BCUT2D eigenvalue weighted by molar-refractivity contribution is 0.121. The fourth-order valence-corrected chi connectivity index (χ4v) is 1.70. The van der Waals surface area contributed by atoms with Crippen LogP contribution in [0.5, 0.6) is 0 Å². The number of ether oxygens (including phenoxy) is 1. The second kappa shape index (κ2) is 5.56. The van der Waals surface area contributed by atoms with Crippen molar-refractivity contribution >= 4 is 11.8 Å². The van der Waals surface area contributed by atoms with E-state index in [1.165, 1.54) is 6.26 Å². The predicted octanol–water partition coefficient (Wildman–Crippen LogP) is 3.60. The molecule has 0 saturated heterocycles. The highest BCUT2D eigenvalue weighted by Gasteiger charge is 2.13. The molecule has 1 atom stereocenters. The van der Waals surface area contributed by atoms with Crippen molar-refractivity contribution in [1.29, 1.82) is 0 Å². The number of hydrogen-bond acceptors (Lipinski definition) is 4. The van der Waals surface area contributed by atoms with E-state index in [4.69, 9.17) is 9.26 Å². The van der Waals surface area contributed by atoms with E-state index in [-0.39, 0.29) is 6.10 Å². The van der Waals surface area contributed by atoms with Crippen LogP contribution < -0.4 is 5.32 Å². The van der Waals surface area contributed by atoms with Gasteiger partial charge in [0.15, 0.2) is 0 Å². The Morgan fingerprint density at radius 1 is 1.42 bits per heavy atom. The van der Waals surface area contributed by atoms with Gasteiger partial charge in [-0.15, -0.1) is 0 Å². The second-order valence-corrected chi connectivity index (χ2v) is 4.40. The third kappa shape index (κ3) is 3.34. The second-order valence-electron chi connectivity index (χ2n) is 4.40. The number of anilines is 1. The maximum atomic E-state index is 11.7. The first kappa shape index (κ1) is 13.1. The molecule has 19 heavy (non-hydrogen) atoms. The smallest absolute Gasteiger partial charge is 0.412 e. The van der Waals surface area contributed by atoms with Gasteiger partial charge in [0.25, 0.3) is 0 Å². The quantitative estimate of drug-likeness (QED) is 0.915. The van der Waals surface area contributed by atoms with E-state index >= 15 is 0 Å². The number of nitrogens with zero attached hydrogens (tertiary/aromatic N) is 1. The number of carbonyl (C=O) groups is 1. The molecule has 0 aliphatic rings. The SMILES string of the molecule is Cc1cccc([C@@H](C)OC(=O)Nc2conc2C)c1. The molecule has 2 aromatic rings. The molecule has 0 spiro atoms. The molecule has 5 heteroatoms. The Hall–Kier alpha value is -2.30. The zero-order chi connectivity index (χ0) is 13.8. The summed E-state index contributed by atoms with van der Waals surface area (Å²) in [5.74, 6) is 0. The Morgan fingerprint density at radius 2 is 2.21 bits per heavy atom. The van der Waals surface area contributed by atoms with E-state index in [1.54, 1.807) is 6.92 Å². The van der Waals surface area contributed by atoms with Crippen LogP contribution in [0.3, 0.4) is 0 Å². The first-order valence-corrected chi connectivity index (χ1v) is 6.01. The minimum atomic E-state index is -0.527. The molecule has 2 rings (SSSR count). The fourth-order valence-electron chi connectivity index (χ4n) is 1.70. The van der Waals surface area contributed by atoms with E-state index < -0.39 is 6.09 Å². The normalized spacial score (nSPS) is 11.9. The van der Waals surface area contributed by atoms with Gasteiger partial charge in [0.1, 0.15) is 23.7 Å². The molecule has 0 aliphatic carbocycles. The zero-order valence-corrected chi connectivity index (χ0v) is 11.1. The highest BCUT2D eigenvalue weighted by atomic mass is 16.6. The van der Waals surface area contributed by atoms with Crippen molar-refractivity contribution in [3.63, 3.8) is 0 Å². The first-order chi connectivity index (χ1) is 9.06. The van der Waals surface area contributed by atoms with Gasteiger partial charge in [0, 0.05) is 0 Å². The molecule has 0 fully saturated rings. The minimum Gasteiger partial charge on any atom is -0.441 e. The van der Waals surface area contributed by atoms with Gasteiger partial charge in [-0.2, -0.15) is 0 Å². The van der Waals surface area contributed by atoms with Gasteiger partial charge in [0.2, 0.25) is 0 Å². The van der Waals surface area contributed by atoms with Crippen molar-refractivity contribution in [2.24, 2.45) is 0 Å². The van der Waals surface area contributed by atoms with Gasteiger partial charge in [0.05, 0.1) is 0 Å². The van der Waals surface area contributed by atoms with Crippen LogP contribution in [-0.4, -0.2) is 11.2 Å². The molecule has 1 N–H and O–H groups in total. The highest BCUT2D eigenvalue weighted by molar-refractivity contribution is 5.85. The Balaban J connectivity index is 1.97. The molecular weight excluding hydrogens is 244 g/mol. The largest absolute Gasteiger partial charge is 0.441 e. The molecule has 1 amide bonds. The highest BCUT2D eigenvalue weighted by Crippen LogP contribution is 2.19. The average molecular weight is 260 g/mol. The van der Waals surface area contributed by atoms with Crippen LogP contribution in [0.25, 0.3) is 0 Å². The Bertz CT molecular complexity index is 578. The molecule has 0 saturated carbocycles. The molecule has 0 bridgehead atoms. The number of amides is 1. The van der Waals surface area contributed by atoms with E-state index in [1.807, 2.05) is 38.1 Å². The van der Waals surface area contributed by atoms with Gasteiger partial charge in [-0.3, -0.25) is 5.32 Å². The summed E-state index contributed by atoms with van der Waals surface area (Å²) in [6, 6.07) is 7.85. The zero-order valence-electron chi connectivity index (χ0n) is 11.1. The van der Waals surface area contributed by atoms with Crippen molar-refractivity contribution in [1.82, 2.24) is 5.16 Å². The molecule has 100 valence electrons. The Labute approximate surface area is 111 Å². The number of nitrogens with one attached hydrogen (secondary N) is 1.